The molecule has 0 heterocycles. The normalized spacial score (nSPS) is 9.88. The highest BCUT2D eigenvalue weighted by molar-refractivity contribution is 7.80. The Hall–Kier alpha value is -1.26. The zero-order valence-electron chi connectivity index (χ0n) is 8.97. The van der Waals surface area contributed by atoms with E-state index in [0.717, 1.165) is 4.90 Å². The van der Waals surface area contributed by atoms with Crippen LogP contribution in [-0.4, -0.2) is 35.6 Å². The standard InChI is InChI=1S/C12H15NO2S/c1-2-6-13(7-8-14)12(15)10-4-3-5-11(16)9-10/h2-5,9,14,16H,1,6-8H2. The monoisotopic (exact) mass is 237 g/mol. The Morgan fingerprint density at radius 2 is 2.31 bits per heavy atom. The van der Waals surface area contributed by atoms with Crippen molar-refractivity contribution >= 4 is 18.5 Å². The van der Waals surface area contributed by atoms with Gasteiger partial charge in [0.1, 0.15) is 0 Å². The van der Waals surface area contributed by atoms with Gasteiger partial charge in [0.2, 0.25) is 0 Å². The Morgan fingerprint density at radius 1 is 1.56 bits per heavy atom. The van der Waals surface area contributed by atoms with E-state index in [1.807, 2.05) is 6.07 Å². The van der Waals surface area contributed by atoms with E-state index in [1.165, 1.54) is 4.90 Å². The average Bonchev–Trinajstić information content (AvgIpc) is 2.28. The minimum Gasteiger partial charge on any atom is -0.395 e. The fraction of sp³-hybridized carbons (Fsp3) is 0.250. The van der Waals surface area contributed by atoms with Gasteiger partial charge in [-0.3, -0.25) is 4.79 Å². The number of hydrogen-bond acceptors (Lipinski definition) is 3. The summed E-state index contributed by atoms with van der Waals surface area (Å²) in [5.74, 6) is -0.121. The van der Waals surface area contributed by atoms with Crippen LogP contribution in [-0.2, 0) is 0 Å². The fourth-order valence-electron chi connectivity index (χ4n) is 1.37. The van der Waals surface area contributed by atoms with Crippen molar-refractivity contribution in [2.45, 2.75) is 4.90 Å². The molecule has 0 atom stereocenters. The molecule has 1 aromatic rings. The van der Waals surface area contributed by atoms with E-state index in [2.05, 4.69) is 19.2 Å². The van der Waals surface area contributed by atoms with E-state index in [-0.39, 0.29) is 12.5 Å². The molecule has 86 valence electrons. The topological polar surface area (TPSA) is 40.5 Å². The van der Waals surface area contributed by atoms with Gasteiger partial charge in [-0.1, -0.05) is 12.1 Å². The molecule has 3 nitrogen and oxygen atoms in total. The highest BCUT2D eigenvalue weighted by Gasteiger charge is 2.13. The van der Waals surface area contributed by atoms with Crippen molar-refractivity contribution in [3.63, 3.8) is 0 Å². The molecule has 0 aliphatic rings. The van der Waals surface area contributed by atoms with Gasteiger partial charge in [0.05, 0.1) is 6.61 Å². The summed E-state index contributed by atoms with van der Waals surface area (Å²) in [4.78, 5) is 14.3. The lowest BCUT2D eigenvalue weighted by Gasteiger charge is -2.20. The molecule has 0 bridgehead atoms. The third-order valence-electron chi connectivity index (χ3n) is 2.10. The molecule has 0 aromatic heterocycles. The lowest BCUT2D eigenvalue weighted by molar-refractivity contribution is 0.0742. The number of aliphatic hydroxyl groups excluding tert-OH is 1. The second kappa shape index (κ2) is 6.35. The molecule has 16 heavy (non-hydrogen) atoms. The van der Waals surface area contributed by atoms with Crippen LogP contribution < -0.4 is 0 Å². The van der Waals surface area contributed by atoms with E-state index < -0.39 is 0 Å². The zero-order valence-corrected chi connectivity index (χ0v) is 9.86. The van der Waals surface area contributed by atoms with Crippen LogP contribution in [0.5, 0.6) is 0 Å². The van der Waals surface area contributed by atoms with E-state index in [1.54, 1.807) is 24.3 Å². The molecule has 0 saturated carbocycles. The summed E-state index contributed by atoms with van der Waals surface area (Å²) in [5.41, 5.74) is 0.572. The van der Waals surface area contributed by atoms with Crippen molar-refractivity contribution in [2.75, 3.05) is 19.7 Å². The first-order valence-corrected chi connectivity index (χ1v) is 5.44. The molecule has 1 rings (SSSR count). The van der Waals surface area contributed by atoms with Crippen molar-refractivity contribution in [1.82, 2.24) is 4.90 Å². The van der Waals surface area contributed by atoms with E-state index >= 15 is 0 Å². The van der Waals surface area contributed by atoms with E-state index in [4.69, 9.17) is 5.11 Å². The second-order valence-corrected chi connectivity index (χ2v) is 3.83. The molecule has 0 radical (unpaired) electrons. The maximum absolute atomic E-state index is 12.0. The van der Waals surface area contributed by atoms with Crippen LogP contribution in [0.25, 0.3) is 0 Å². The summed E-state index contributed by atoms with van der Waals surface area (Å²) in [6, 6.07) is 7.03. The third kappa shape index (κ3) is 3.40. The van der Waals surface area contributed by atoms with Gasteiger partial charge < -0.3 is 10.0 Å². The fourth-order valence-corrected chi connectivity index (χ4v) is 1.60. The number of thiol groups is 1. The maximum Gasteiger partial charge on any atom is 0.254 e. The predicted molar refractivity (Wildman–Crippen MR) is 66.9 cm³/mol. The lowest BCUT2D eigenvalue weighted by Crippen LogP contribution is -2.33. The smallest absolute Gasteiger partial charge is 0.254 e. The van der Waals surface area contributed by atoms with Crippen molar-refractivity contribution in [3.8, 4) is 0 Å². The quantitative estimate of drug-likeness (QED) is 0.603. The van der Waals surface area contributed by atoms with Gasteiger partial charge in [-0.25, -0.2) is 0 Å². The minimum atomic E-state index is -0.121. The van der Waals surface area contributed by atoms with Crippen molar-refractivity contribution in [2.24, 2.45) is 0 Å². The summed E-state index contributed by atoms with van der Waals surface area (Å²) < 4.78 is 0. The third-order valence-corrected chi connectivity index (χ3v) is 2.38. The maximum atomic E-state index is 12.0. The van der Waals surface area contributed by atoms with Gasteiger partial charge in [-0.05, 0) is 18.2 Å². The van der Waals surface area contributed by atoms with Crippen LogP contribution in [0, 0.1) is 0 Å². The number of benzene rings is 1. The molecular weight excluding hydrogens is 222 g/mol. The highest BCUT2D eigenvalue weighted by Crippen LogP contribution is 2.11. The van der Waals surface area contributed by atoms with Crippen LogP contribution in [0.3, 0.4) is 0 Å². The van der Waals surface area contributed by atoms with Gasteiger partial charge >= 0.3 is 0 Å². The first-order valence-electron chi connectivity index (χ1n) is 4.99. The van der Waals surface area contributed by atoms with Gasteiger partial charge in [-0.2, -0.15) is 0 Å². The van der Waals surface area contributed by atoms with Crippen molar-refractivity contribution < 1.29 is 9.90 Å². The Balaban J connectivity index is 2.85. The highest BCUT2D eigenvalue weighted by atomic mass is 32.1. The SMILES string of the molecule is C=CCN(CCO)C(=O)c1cccc(S)c1. The minimum absolute atomic E-state index is 0.0554. The summed E-state index contributed by atoms with van der Waals surface area (Å²) in [6.45, 7) is 4.26. The molecule has 1 aromatic carbocycles. The Morgan fingerprint density at radius 3 is 2.88 bits per heavy atom. The molecule has 0 saturated heterocycles. The Kier molecular flexibility index (Phi) is 5.08. The number of aliphatic hydroxyl groups is 1. The zero-order chi connectivity index (χ0) is 12.0. The van der Waals surface area contributed by atoms with Crippen LogP contribution >= 0.6 is 12.6 Å². The summed E-state index contributed by atoms with van der Waals surface area (Å²) in [5, 5.41) is 8.87. The number of amides is 1. The van der Waals surface area contributed by atoms with Gasteiger partial charge in [0.25, 0.3) is 5.91 Å². The first-order chi connectivity index (χ1) is 7.69. The lowest BCUT2D eigenvalue weighted by atomic mass is 10.2. The van der Waals surface area contributed by atoms with Gasteiger partial charge in [-0.15, -0.1) is 19.2 Å². The molecule has 0 aliphatic carbocycles. The van der Waals surface area contributed by atoms with Gasteiger partial charge in [0, 0.05) is 23.5 Å². The van der Waals surface area contributed by atoms with Crippen molar-refractivity contribution in [1.29, 1.82) is 0 Å². The molecular formula is C12H15NO2S. The summed E-state index contributed by atoms with van der Waals surface area (Å²) in [7, 11) is 0. The molecule has 0 spiro atoms. The molecule has 1 amide bonds. The Bertz CT molecular complexity index is 379. The molecule has 0 fully saturated rings. The molecule has 0 unspecified atom stereocenters. The molecule has 1 N–H and O–H groups in total. The van der Waals surface area contributed by atoms with E-state index in [9.17, 15) is 4.79 Å². The molecule has 0 aliphatic heterocycles. The predicted octanol–water partition coefficient (Wildman–Crippen LogP) is 1.60. The number of rotatable bonds is 5. The van der Waals surface area contributed by atoms with Crippen LogP contribution in [0.4, 0.5) is 0 Å². The van der Waals surface area contributed by atoms with Crippen LogP contribution in [0.15, 0.2) is 41.8 Å². The summed E-state index contributed by atoms with van der Waals surface area (Å²) >= 11 is 4.18. The largest absolute Gasteiger partial charge is 0.395 e. The first kappa shape index (κ1) is 12.8. The average molecular weight is 237 g/mol. The summed E-state index contributed by atoms with van der Waals surface area (Å²) in [6.07, 6.45) is 1.64. The Labute approximate surface area is 101 Å². The number of hydrogen-bond donors (Lipinski definition) is 2. The van der Waals surface area contributed by atoms with E-state index in [0.29, 0.717) is 18.7 Å². The second-order valence-electron chi connectivity index (χ2n) is 3.31. The van der Waals surface area contributed by atoms with Crippen molar-refractivity contribution in [3.05, 3.63) is 42.5 Å². The number of carbonyl (C=O) groups is 1. The number of nitrogens with zero attached hydrogens (tertiary/aromatic N) is 1. The van der Waals surface area contributed by atoms with Gasteiger partial charge in [0.15, 0.2) is 0 Å². The number of carbonyl (C=O) groups excluding carboxylic acids is 1. The van der Waals surface area contributed by atoms with Crippen LogP contribution in [0.1, 0.15) is 10.4 Å². The molecule has 4 heteroatoms. The van der Waals surface area contributed by atoms with Crippen LogP contribution in [0.2, 0.25) is 0 Å².